The third kappa shape index (κ3) is 1.95. The molecule has 0 aromatic carbocycles. The minimum absolute atomic E-state index is 0.130. The summed E-state index contributed by atoms with van der Waals surface area (Å²) in [6, 6.07) is 2.04. The molecule has 2 rings (SSSR count). The SMILES string of the molecule is CCc1ccsc1C(=O)c1[nH]c(C)c(C)c1C. The second-order valence-electron chi connectivity index (χ2n) is 4.33. The quantitative estimate of drug-likeness (QED) is 0.822. The van der Waals surface area contributed by atoms with Crippen molar-refractivity contribution in [3.05, 3.63) is 44.4 Å². The van der Waals surface area contributed by atoms with Gasteiger partial charge in [0.2, 0.25) is 5.78 Å². The van der Waals surface area contributed by atoms with Gasteiger partial charge in [0.1, 0.15) is 0 Å². The maximum Gasteiger partial charge on any atom is 0.219 e. The van der Waals surface area contributed by atoms with Crippen molar-refractivity contribution in [3.8, 4) is 0 Å². The summed E-state index contributed by atoms with van der Waals surface area (Å²) in [4.78, 5) is 16.5. The van der Waals surface area contributed by atoms with Crippen LogP contribution in [0.2, 0.25) is 0 Å². The van der Waals surface area contributed by atoms with Crippen molar-refractivity contribution in [3.63, 3.8) is 0 Å². The number of hydrogen-bond donors (Lipinski definition) is 1. The molecule has 3 heteroatoms. The molecule has 0 radical (unpaired) electrons. The number of aromatic nitrogens is 1. The van der Waals surface area contributed by atoms with Gasteiger partial charge in [0.05, 0.1) is 10.6 Å². The molecule has 0 aliphatic heterocycles. The number of carbonyl (C=O) groups excluding carboxylic acids is 1. The van der Waals surface area contributed by atoms with Crippen LogP contribution < -0.4 is 0 Å². The van der Waals surface area contributed by atoms with Crippen molar-refractivity contribution in [2.24, 2.45) is 0 Å². The lowest BCUT2D eigenvalue weighted by Crippen LogP contribution is -2.04. The van der Waals surface area contributed by atoms with E-state index >= 15 is 0 Å². The van der Waals surface area contributed by atoms with E-state index in [9.17, 15) is 4.79 Å². The highest BCUT2D eigenvalue weighted by atomic mass is 32.1. The Morgan fingerprint density at radius 3 is 2.53 bits per heavy atom. The fraction of sp³-hybridized carbons (Fsp3) is 0.357. The molecule has 0 amide bonds. The van der Waals surface area contributed by atoms with Crippen LogP contribution in [0, 0.1) is 20.8 Å². The molecule has 2 aromatic rings. The third-order valence-corrected chi connectivity index (χ3v) is 4.33. The molecule has 0 spiro atoms. The molecule has 2 aromatic heterocycles. The Morgan fingerprint density at radius 2 is 2.00 bits per heavy atom. The lowest BCUT2D eigenvalue weighted by Gasteiger charge is -2.00. The van der Waals surface area contributed by atoms with Crippen LogP contribution in [-0.4, -0.2) is 10.8 Å². The predicted octanol–water partition coefficient (Wildman–Crippen LogP) is 3.79. The maximum absolute atomic E-state index is 12.5. The Morgan fingerprint density at radius 1 is 1.29 bits per heavy atom. The second kappa shape index (κ2) is 4.49. The van der Waals surface area contributed by atoms with Gasteiger partial charge < -0.3 is 4.98 Å². The number of aryl methyl sites for hydroxylation is 2. The molecular weight excluding hydrogens is 230 g/mol. The van der Waals surface area contributed by atoms with E-state index in [0.29, 0.717) is 0 Å². The average Bonchev–Trinajstić information content (AvgIpc) is 2.89. The van der Waals surface area contributed by atoms with Crippen LogP contribution >= 0.6 is 11.3 Å². The zero-order valence-electron chi connectivity index (χ0n) is 10.7. The van der Waals surface area contributed by atoms with Crippen molar-refractivity contribution < 1.29 is 4.79 Å². The minimum atomic E-state index is 0.130. The van der Waals surface area contributed by atoms with Crippen LogP contribution in [0.4, 0.5) is 0 Å². The summed E-state index contributed by atoms with van der Waals surface area (Å²) in [5.74, 6) is 0.130. The molecular formula is C14H17NOS. The first kappa shape index (κ1) is 12.1. The number of thiophene rings is 1. The number of H-pyrrole nitrogens is 1. The van der Waals surface area contributed by atoms with Gasteiger partial charge in [-0.15, -0.1) is 11.3 Å². The number of carbonyl (C=O) groups is 1. The Balaban J connectivity index is 2.47. The summed E-state index contributed by atoms with van der Waals surface area (Å²) in [6.07, 6.45) is 0.905. The van der Waals surface area contributed by atoms with Crippen molar-refractivity contribution in [2.75, 3.05) is 0 Å². The zero-order chi connectivity index (χ0) is 12.6. The van der Waals surface area contributed by atoms with Gasteiger partial charge in [0.25, 0.3) is 0 Å². The van der Waals surface area contributed by atoms with Crippen LogP contribution in [0.1, 0.15) is 44.7 Å². The van der Waals surface area contributed by atoms with Gasteiger partial charge in [-0.3, -0.25) is 4.79 Å². The van der Waals surface area contributed by atoms with Crippen molar-refractivity contribution >= 4 is 17.1 Å². The van der Waals surface area contributed by atoms with E-state index in [2.05, 4.69) is 11.9 Å². The van der Waals surface area contributed by atoms with Gasteiger partial charge in [-0.25, -0.2) is 0 Å². The highest BCUT2D eigenvalue weighted by molar-refractivity contribution is 7.12. The average molecular weight is 247 g/mol. The highest BCUT2D eigenvalue weighted by Gasteiger charge is 2.19. The second-order valence-corrected chi connectivity index (χ2v) is 5.25. The summed E-state index contributed by atoms with van der Waals surface area (Å²) < 4.78 is 0. The number of aromatic amines is 1. The highest BCUT2D eigenvalue weighted by Crippen LogP contribution is 2.24. The molecule has 2 nitrogen and oxygen atoms in total. The zero-order valence-corrected chi connectivity index (χ0v) is 11.5. The van der Waals surface area contributed by atoms with Crippen molar-refractivity contribution in [1.29, 1.82) is 0 Å². The molecule has 0 aliphatic carbocycles. The van der Waals surface area contributed by atoms with Gasteiger partial charge in [-0.1, -0.05) is 6.92 Å². The fourth-order valence-electron chi connectivity index (χ4n) is 2.00. The molecule has 1 N–H and O–H groups in total. The molecule has 90 valence electrons. The summed E-state index contributed by atoms with van der Waals surface area (Å²) in [7, 11) is 0. The molecule has 0 bridgehead atoms. The van der Waals surface area contributed by atoms with Gasteiger partial charge in [-0.05, 0) is 55.3 Å². The van der Waals surface area contributed by atoms with Gasteiger partial charge >= 0.3 is 0 Å². The van der Waals surface area contributed by atoms with E-state index in [1.54, 1.807) is 0 Å². The van der Waals surface area contributed by atoms with Crippen LogP contribution in [0.5, 0.6) is 0 Å². The van der Waals surface area contributed by atoms with E-state index in [1.807, 2.05) is 32.2 Å². The molecule has 0 fully saturated rings. The number of nitrogens with one attached hydrogen (secondary N) is 1. The van der Waals surface area contributed by atoms with Crippen molar-refractivity contribution in [1.82, 2.24) is 4.98 Å². The summed E-state index contributed by atoms with van der Waals surface area (Å²) >= 11 is 1.53. The molecule has 0 atom stereocenters. The molecule has 0 unspecified atom stereocenters. The van der Waals surface area contributed by atoms with Crippen LogP contribution in [0.15, 0.2) is 11.4 Å². The number of hydrogen-bond acceptors (Lipinski definition) is 2. The molecule has 2 heterocycles. The summed E-state index contributed by atoms with van der Waals surface area (Å²) in [6.45, 7) is 8.14. The van der Waals surface area contributed by atoms with Crippen LogP contribution in [0.3, 0.4) is 0 Å². The smallest absolute Gasteiger partial charge is 0.219 e. The first-order valence-corrected chi connectivity index (χ1v) is 6.71. The van der Waals surface area contributed by atoms with Gasteiger partial charge in [0, 0.05) is 5.69 Å². The monoisotopic (exact) mass is 247 g/mol. The molecule has 0 saturated heterocycles. The largest absolute Gasteiger partial charge is 0.355 e. The maximum atomic E-state index is 12.5. The third-order valence-electron chi connectivity index (χ3n) is 3.37. The van der Waals surface area contributed by atoms with E-state index in [4.69, 9.17) is 0 Å². The standard InChI is InChI=1S/C14H17NOS/c1-5-11-6-7-17-14(11)13(16)12-9(3)8(2)10(4)15-12/h6-7,15H,5H2,1-4H3. The van der Waals surface area contributed by atoms with E-state index in [-0.39, 0.29) is 5.78 Å². The van der Waals surface area contributed by atoms with E-state index in [1.165, 1.54) is 16.9 Å². The topological polar surface area (TPSA) is 32.9 Å². The van der Waals surface area contributed by atoms with Crippen LogP contribution in [0.25, 0.3) is 0 Å². The predicted molar refractivity (Wildman–Crippen MR) is 72.1 cm³/mol. The number of ketones is 1. The lowest BCUT2D eigenvalue weighted by atomic mass is 10.1. The first-order valence-electron chi connectivity index (χ1n) is 5.83. The fourth-order valence-corrected chi connectivity index (χ4v) is 2.94. The molecule has 0 aliphatic rings. The van der Waals surface area contributed by atoms with Gasteiger partial charge in [-0.2, -0.15) is 0 Å². The van der Waals surface area contributed by atoms with Gasteiger partial charge in [0.15, 0.2) is 0 Å². The minimum Gasteiger partial charge on any atom is -0.355 e. The Bertz CT molecular complexity index is 563. The Kier molecular flexibility index (Phi) is 3.20. The Hall–Kier alpha value is -1.35. The van der Waals surface area contributed by atoms with Crippen molar-refractivity contribution in [2.45, 2.75) is 34.1 Å². The Labute approximate surface area is 106 Å². The number of rotatable bonds is 3. The lowest BCUT2D eigenvalue weighted by molar-refractivity contribution is 0.103. The first-order chi connectivity index (χ1) is 8.06. The summed E-state index contributed by atoms with van der Waals surface area (Å²) in [5.41, 5.74) is 5.23. The molecule has 0 saturated carbocycles. The van der Waals surface area contributed by atoms with E-state index < -0.39 is 0 Å². The summed E-state index contributed by atoms with van der Waals surface area (Å²) in [5, 5.41) is 1.99. The normalized spacial score (nSPS) is 10.8. The van der Waals surface area contributed by atoms with E-state index in [0.717, 1.165) is 33.8 Å². The van der Waals surface area contributed by atoms with Crippen LogP contribution in [-0.2, 0) is 6.42 Å². The molecule has 17 heavy (non-hydrogen) atoms.